The summed E-state index contributed by atoms with van der Waals surface area (Å²) in [5, 5.41) is 3.58. The summed E-state index contributed by atoms with van der Waals surface area (Å²) < 4.78 is 14.0. The van der Waals surface area contributed by atoms with Gasteiger partial charge in [-0.1, -0.05) is 48.9 Å². The average Bonchev–Trinajstić information content (AvgIpc) is 2.42. The predicted octanol–water partition coefficient (Wildman–Crippen LogP) is 4.35. The lowest BCUT2D eigenvalue weighted by atomic mass is 9.96. The summed E-state index contributed by atoms with van der Waals surface area (Å²) in [5.41, 5.74) is 2.91. The second kappa shape index (κ2) is 6.18. The molecule has 19 heavy (non-hydrogen) atoms. The van der Waals surface area contributed by atoms with E-state index in [1.165, 1.54) is 11.6 Å². The Kier molecular flexibility index (Phi) is 4.56. The van der Waals surface area contributed by atoms with E-state index in [1.807, 2.05) is 19.2 Å². The first-order valence-electron chi connectivity index (χ1n) is 6.36. The minimum atomic E-state index is -0.284. The van der Waals surface area contributed by atoms with Gasteiger partial charge < -0.3 is 5.32 Å². The molecule has 0 aliphatic rings. The summed E-state index contributed by atoms with van der Waals surface area (Å²) in [6.45, 7) is 2.11. The standard InChI is InChI=1S/C16H17ClFN/c1-3-11-5-4-6-12(9-11)16(19-2)14-8-7-13(17)10-15(14)18/h4-10,16,19H,3H2,1-2H3. The zero-order valence-electron chi connectivity index (χ0n) is 11.1. The van der Waals surface area contributed by atoms with Gasteiger partial charge in [-0.25, -0.2) is 4.39 Å². The number of nitrogens with one attached hydrogen (secondary N) is 1. The van der Waals surface area contributed by atoms with Gasteiger partial charge in [0.15, 0.2) is 0 Å². The second-order valence-electron chi connectivity index (χ2n) is 4.49. The van der Waals surface area contributed by atoms with Crippen molar-refractivity contribution in [1.29, 1.82) is 0 Å². The molecule has 3 heteroatoms. The highest BCUT2D eigenvalue weighted by atomic mass is 35.5. The molecule has 2 aromatic rings. The predicted molar refractivity (Wildman–Crippen MR) is 78.1 cm³/mol. The van der Waals surface area contributed by atoms with Crippen molar-refractivity contribution in [3.8, 4) is 0 Å². The van der Waals surface area contributed by atoms with Crippen LogP contribution in [0.1, 0.15) is 29.7 Å². The number of benzene rings is 2. The Labute approximate surface area is 118 Å². The Morgan fingerprint density at radius 1 is 1.21 bits per heavy atom. The van der Waals surface area contributed by atoms with E-state index in [-0.39, 0.29) is 11.9 Å². The van der Waals surface area contributed by atoms with Crippen LogP contribution >= 0.6 is 11.6 Å². The molecule has 2 rings (SSSR count). The van der Waals surface area contributed by atoms with E-state index in [9.17, 15) is 4.39 Å². The lowest BCUT2D eigenvalue weighted by Crippen LogP contribution is -2.19. The first kappa shape index (κ1) is 14.0. The maximum absolute atomic E-state index is 14.0. The molecule has 0 aromatic heterocycles. The highest BCUT2D eigenvalue weighted by molar-refractivity contribution is 6.30. The SMILES string of the molecule is CCc1cccc(C(NC)c2ccc(Cl)cc2F)c1. The van der Waals surface area contributed by atoms with E-state index in [1.54, 1.807) is 12.1 Å². The molecule has 0 bridgehead atoms. The van der Waals surface area contributed by atoms with Crippen LogP contribution in [0, 0.1) is 5.82 Å². The van der Waals surface area contributed by atoms with Crippen molar-refractivity contribution in [3.05, 3.63) is 70.0 Å². The summed E-state index contributed by atoms with van der Waals surface area (Å²) in [4.78, 5) is 0. The van der Waals surface area contributed by atoms with Crippen molar-refractivity contribution in [2.24, 2.45) is 0 Å². The number of hydrogen-bond acceptors (Lipinski definition) is 1. The summed E-state index contributed by atoms with van der Waals surface area (Å²) in [7, 11) is 1.83. The van der Waals surface area contributed by atoms with Crippen LogP contribution in [0.15, 0.2) is 42.5 Å². The summed E-state index contributed by atoms with van der Waals surface area (Å²) in [6.07, 6.45) is 0.966. The van der Waals surface area contributed by atoms with Crippen molar-refractivity contribution in [2.45, 2.75) is 19.4 Å². The molecule has 100 valence electrons. The van der Waals surface area contributed by atoms with Crippen molar-refractivity contribution in [2.75, 3.05) is 7.05 Å². The maximum atomic E-state index is 14.0. The summed E-state index contributed by atoms with van der Waals surface area (Å²) in [6, 6.07) is 12.8. The smallest absolute Gasteiger partial charge is 0.129 e. The Morgan fingerprint density at radius 2 is 2.00 bits per heavy atom. The van der Waals surface area contributed by atoms with Gasteiger partial charge in [0, 0.05) is 10.6 Å². The molecule has 0 spiro atoms. The minimum Gasteiger partial charge on any atom is -0.309 e. The Balaban J connectivity index is 2.43. The van der Waals surface area contributed by atoms with Gasteiger partial charge >= 0.3 is 0 Å². The number of rotatable bonds is 4. The van der Waals surface area contributed by atoms with Gasteiger partial charge in [0.25, 0.3) is 0 Å². The lowest BCUT2D eigenvalue weighted by molar-refractivity contribution is 0.576. The number of aryl methyl sites for hydroxylation is 1. The van der Waals surface area contributed by atoms with Crippen molar-refractivity contribution >= 4 is 11.6 Å². The fourth-order valence-corrected chi connectivity index (χ4v) is 2.39. The van der Waals surface area contributed by atoms with Gasteiger partial charge in [0.1, 0.15) is 5.82 Å². The molecule has 0 aliphatic heterocycles. The quantitative estimate of drug-likeness (QED) is 0.876. The fraction of sp³-hybridized carbons (Fsp3) is 0.250. The van der Waals surface area contributed by atoms with Crippen LogP contribution in [0.2, 0.25) is 5.02 Å². The van der Waals surface area contributed by atoms with Gasteiger partial charge in [-0.15, -0.1) is 0 Å². The van der Waals surface area contributed by atoms with Crippen LogP contribution in [-0.2, 0) is 6.42 Å². The molecule has 1 unspecified atom stereocenters. The van der Waals surface area contributed by atoms with E-state index in [0.717, 1.165) is 12.0 Å². The third-order valence-electron chi connectivity index (χ3n) is 3.25. The normalized spacial score (nSPS) is 12.4. The molecule has 1 atom stereocenters. The third kappa shape index (κ3) is 3.14. The molecule has 0 saturated carbocycles. The van der Waals surface area contributed by atoms with Crippen LogP contribution in [-0.4, -0.2) is 7.05 Å². The molecule has 0 amide bonds. The topological polar surface area (TPSA) is 12.0 Å². The van der Waals surface area contributed by atoms with Crippen molar-refractivity contribution in [1.82, 2.24) is 5.32 Å². The summed E-state index contributed by atoms with van der Waals surface area (Å²) in [5.74, 6) is -0.284. The van der Waals surface area contributed by atoms with Crippen molar-refractivity contribution < 1.29 is 4.39 Å². The molecular formula is C16H17ClFN. The molecule has 0 radical (unpaired) electrons. The molecule has 1 nitrogen and oxygen atoms in total. The molecule has 0 saturated heterocycles. The largest absolute Gasteiger partial charge is 0.309 e. The molecule has 0 aliphatic carbocycles. The Bertz CT molecular complexity index is 568. The fourth-order valence-electron chi connectivity index (χ4n) is 2.23. The summed E-state index contributed by atoms with van der Waals surface area (Å²) >= 11 is 5.80. The van der Waals surface area contributed by atoms with Crippen LogP contribution in [0.5, 0.6) is 0 Å². The van der Waals surface area contributed by atoms with Crippen LogP contribution < -0.4 is 5.32 Å². The van der Waals surface area contributed by atoms with E-state index < -0.39 is 0 Å². The van der Waals surface area contributed by atoms with Gasteiger partial charge in [-0.3, -0.25) is 0 Å². The van der Waals surface area contributed by atoms with Gasteiger partial charge in [-0.2, -0.15) is 0 Å². The average molecular weight is 278 g/mol. The van der Waals surface area contributed by atoms with Crippen LogP contribution in [0.25, 0.3) is 0 Å². The molecule has 0 fully saturated rings. The molecule has 0 heterocycles. The van der Waals surface area contributed by atoms with Gasteiger partial charge in [-0.05, 0) is 36.7 Å². The van der Waals surface area contributed by atoms with E-state index >= 15 is 0 Å². The van der Waals surface area contributed by atoms with Gasteiger partial charge in [0.2, 0.25) is 0 Å². The molecular weight excluding hydrogens is 261 g/mol. The lowest BCUT2D eigenvalue weighted by Gasteiger charge is -2.18. The Morgan fingerprint density at radius 3 is 2.63 bits per heavy atom. The monoisotopic (exact) mass is 277 g/mol. The van der Waals surface area contributed by atoms with E-state index in [0.29, 0.717) is 10.6 Å². The molecule has 2 aromatic carbocycles. The highest BCUT2D eigenvalue weighted by Crippen LogP contribution is 2.26. The zero-order valence-corrected chi connectivity index (χ0v) is 11.8. The molecule has 1 N–H and O–H groups in total. The number of halogens is 2. The third-order valence-corrected chi connectivity index (χ3v) is 3.49. The zero-order chi connectivity index (χ0) is 13.8. The van der Waals surface area contributed by atoms with E-state index in [2.05, 4.69) is 24.4 Å². The van der Waals surface area contributed by atoms with Crippen LogP contribution in [0.3, 0.4) is 0 Å². The van der Waals surface area contributed by atoms with Crippen molar-refractivity contribution in [3.63, 3.8) is 0 Å². The minimum absolute atomic E-state index is 0.163. The first-order valence-corrected chi connectivity index (χ1v) is 6.74. The van der Waals surface area contributed by atoms with E-state index in [4.69, 9.17) is 11.6 Å². The maximum Gasteiger partial charge on any atom is 0.129 e. The Hall–Kier alpha value is -1.38. The van der Waals surface area contributed by atoms with Gasteiger partial charge in [0.05, 0.1) is 6.04 Å². The highest BCUT2D eigenvalue weighted by Gasteiger charge is 2.16. The number of hydrogen-bond donors (Lipinski definition) is 1. The van der Waals surface area contributed by atoms with Crippen LogP contribution in [0.4, 0.5) is 4.39 Å². The second-order valence-corrected chi connectivity index (χ2v) is 4.92. The first-order chi connectivity index (χ1) is 9.15.